The predicted octanol–water partition coefficient (Wildman–Crippen LogP) is 2.52. The van der Waals surface area contributed by atoms with Crippen LogP contribution >= 0.6 is 0 Å². The van der Waals surface area contributed by atoms with Crippen molar-refractivity contribution in [2.75, 3.05) is 0 Å². The number of carbonyl (C=O) groups excluding carboxylic acids is 1. The van der Waals surface area contributed by atoms with Gasteiger partial charge in [-0.05, 0) is 41.8 Å². The number of hydrogen-bond donors (Lipinski definition) is 2. The van der Waals surface area contributed by atoms with Gasteiger partial charge in [-0.3, -0.25) is 4.79 Å². The minimum Gasteiger partial charge on any atom is -0.390 e. The lowest BCUT2D eigenvalue weighted by Gasteiger charge is -2.18. The molecule has 1 aliphatic carbocycles. The van der Waals surface area contributed by atoms with E-state index in [0.29, 0.717) is 17.5 Å². The number of aliphatic hydroxyl groups is 1. The number of amides is 1. The maximum atomic E-state index is 13.3. The van der Waals surface area contributed by atoms with Crippen molar-refractivity contribution in [1.82, 2.24) is 5.32 Å². The van der Waals surface area contributed by atoms with Gasteiger partial charge in [0.2, 0.25) is 0 Å². The molecule has 0 aromatic heterocycles. The van der Waals surface area contributed by atoms with Crippen molar-refractivity contribution in [1.29, 1.82) is 0 Å². The van der Waals surface area contributed by atoms with Crippen LogP contribution in [0.4, 0.5) is 4.39 Å². The summed E-state index contributed by atoms with van der Waals surface area (Å²) < 4.78 is 13.3. The van der Waals surface area contributed by atoms with E-state index >= 15 is 0 Å². The maximum Gasteiger partial charge on any atom is 0.251 e. The zero-order valence-electron chi connectivity index (χ0n) is 11.6. The SMILES string of the molecule is Cc1cc(C(=O)NC2c3ccccc3CC2O)ccc1F. The summed E-state index contributed by atoms with van der Waals surface area (Å²) in [6.07, 6.45) is -0.100. The van der Waals surface area contributed by atoms with Gasteiger partial charge in [0.15, 0.2) is 0 Å². The number of rotatable bonds is 2. The Hall–Kier alpha value is -2.20. The first-order valence-electron chi connectivity index (χ1n) is 6.89. The fraction of sp³-hybridized carbons (Fsp3) is 0.235. The topological polar surface area (TPSA) is 49.3 Å². The molecule has 21 heavy (non-hydrogen) atoms. The third-order valence-electron chi connectivity index (χ3n) is 3.91. The minimum atomic E-state index is -0.632. The quantitative estimate of drug-likeness (QED) is 0.890. The van der Waals surface area contributed by atoms with E-state index in [4.69, 9.17) is 0 Å². The Bertz CT molecular complexity index is 699. The largest absolute Gasteiger partial charge is 0.390 e. The number of benzene rings is 2. The van der Waals surface area contributed by atoms with Crippen molar-refractivity contribution < 1.29 is 14.3 Å². The highest BCUT2D eigenvalue weighted by Gasteiger charge is 2.32. The molecule has 4 heteroatoms. The van der Waals surface area contributed by atoms with Crippen LogP contribution in [0.15, 0.2) is 42.5 Å². The smallest absolute Gasteiger partial charge is 0.251 e. The van der Waals surface area contributed by atoms with E-state index in [1.54, 1.807) is 6.92 Å². The summed E-state index contributed by atoms with van der Waals surface area (Å²) in [6, 6.07) is 11.5. The van der Waals surface area contributed by atoms with Crippen LogP contribution in [0.2, 0.25) is 0 Å². The van der Waals surface area contributed by atoms with Crippen molar-refractivity contribution in [3.05, 3.63) is 70.5 Å². The van der Waals surface area contributed by atoms with Crippen molar-refractivity contribution in [2.24, 2.45) is 0 Å². The molecule has 2 atom stereocenters. The first kappa shape index (κ1) is 13.8. The fourth-order valence-electron chi connectivity index (χ4n) is 2.76. The molecule has 0 saturated carbocycles. The fourth-order valence-corrected chi connectivity index (χ4v) is 2.76. The normalized spacial score (nSPS) is 20.1. The molecule has 3 rings (SSSR count). The molecule has 2 aromatic carbocycles. The zero-order chi connectivity index (χ0) is 15.0. The molecule has 2 unspecified atom stereocenters. The standard InChI is InChI=1S/C17H16FNO2/c1-10-8-12(6-7-14(10)18)17(21)19-16-13-5-3-2-4-11(13)9-15(16)20/h2-8,15-16,20H,9H2,1H3,(H,19,21). The number of halogens is 1. The molecule has 0 bridgehead atoms. The van der Waals surface area contributed by atoms with Gasteiger partial charge in [-0.15, -0.1) is 0 Å². The van der Waals surface area contributed by atoms with Gasteiger partial charge in [0.1, 0.15) is 5.82 Å². The Kier molecular flexibility index (Phi) is 3.47. The molecule has 0 saturated heterocycles. The molecule has 108 valence electrons. The van der Waals surface area contributed by atoms with Gasteiger partial charge in [-0.25, -0.2) is 4.39 Å². The monoisotopic (exact) mass is 285 g/mol. The highest BCUT2D eigenvalue weighted by molar-refractivity contribution is 5.94. The second kappa shape index (κ2) is 5.30. The highest BCUT2D eigenvalue weighted by atomic mass is 19.1. The predicted molar refractivity (Wildman–Crippen MR) is 77.5 cm³/mol. The van der Waals surface area contributed by atoms with Crippen LogP contribution in [-0.4, -0.2) is 17.1 Å². The summed E-state index contributed by atoms with van der Waals surface area (Å²) in [5.41, 5.74) is 2.81. The van der Waals surface area contributed by atoms with E-state index in [0.717, 1.165) is 11.1 Å². The molecule has 2 aromatic rings. The van der Waals surface area contributed by atoms with E-state index in [1.807, 2.05) is 24.3 Å². The molecule has 0 radical (unpaired) electrons. The lowest BCUT2D eigenvalue weighted by atomic mass is 10.1. The van der Waals surface area contributed by atoms with E-state index < -0.39 is 12.1 Å². The number of fused-ring (bicyclic) bond motifs is 1. The van der Waals surface area contributed by atoms with Crippen molar-refractivity contribution >= 4 is 5.91 Å². The van der Waals surface area contributed by atoms with Gasteiger partial charge >= 0.3 is 0 Å². The number of hydrogen-bond acceptors (Lipinski definition) is 2. The summed E-state index contributed by atoms with van der Waals surface area (Å²) in [5.74, 6) is -0.642. The third kappa shape index (κ3) is 2.54. The molecular weight excluding hydrogens is 269 g/mol. The van der Waals surface area contributed by atoms with Crippen LogP contribution < -0.4 is 5.32 Å². The summed E-state index contributed by atoms with van der Waals surface area (Å²) in [6.45, 7) is 1.62. The zero-order valence-corrected chi connectivity index (χ0v) is 11.6. The van der Waals surface area contributed by atoms with Crippen LogP contribution in [0, 0.1) is 12.7 Å². The molecular formula is C17H16FNO2. The lowest BCUT2D eigenvalue weighted by molar-refractivity contribution is 0.0858. The van der Waals surface area contributed by atoms with Crippen LogP contribution in [0.1, 0.15) is 33.1 Å². The van der Waals surface area contributed by atoms with Gasteiger partial charge in [-0.2, -0.15) is 0 Å². The van der Waals surface area contributed by atoms with Crippen LogP contribution in [-0.2, 0) is 6.42 Å². The number of aryl methyl sites for hydroxylation is 1. The minimum absolute atomic E-state index is 0.307. The second-order valence-corrected chi connectivity index (χ2v) is 5.39. The Balaban J connectivity index is 1.83. The first-order chi connectivity index (χ1) is 10.1. The molecule has 0 heterocycles. The molecule has 3 nitrogen and oxygen atoms in total. The van der Waals surface area contributed by atoms with Gasteiger partial charge in [0, 0.05) is 12.0 Å². The third-order valence-corrected chi connectivity index (χ3v) is 3.91. The van der Waals surface area contributed by atoms with Crippen molar-refractivity contribution in [2.45, 2.75) is 25.5 Å². The van der Waals surface area contributed by atoms with Crippen LogP contribution in [0.5, 0.6) is 0 Å². The summed E-state index contributed by atoms with van der Waals surface area (Å²) >= 11 is 0. The summed E-state index contributed by atoms with van der Waals surface area (Å²) in [7, 11) is 0. The summed E-state index contributed by atoms with van der Waals surface area (Å²) in [5, 5.41) is 13.0. The average molecular weight is 285 g/mol. The molecule has 0 spiro atoms. The Morgan fingerprint density at radius 2 is 2.05 bits per heavy atom. The van der Waals surface area contributed by atoms with E-state index in [2.05, 4.69) is 5.32 Å². The van der Waals surface area contributed by atoms with Crippen molar-refractivity contribution in [3.8, 4) is 0 Å². The van der Waals surface area contributed by atoms with Crippen LogP contribution in [0.3, 0.4) is 0 Å². The molecule has 0 fully saturated rings. The Morgan fingerprint density at radius 1 is 1.29 bits per heavy atom. The van der Waals surface area contributed by atoms with E-state index in [-0.39, 0.29) is 11.7 Å². The maximum absolute atomic E-state index is 13.3. The highest BCUT2D eigenvalue weighted by Crippen LogP contribution is 2.31. The van der Waals surface area contributed by atoms with Crippen molar-refractivity contribution in [3.63, 3.8) is 0 Å². The van der Waals surface area contributed by atoms with Gasteiger partial charge in [-0.1, -0.05) is 24.3 Å². The molecule has 1 aliphatic rings. The summed E-state index contributed by atoms with van der Waals surface area (Å²) in [4.78, 5) is 12.3. The second-order valence-electron chi connectivity index (χ2n) is 5.39. The van der Waals surface area contributed by atoms with E-state index in [9.17, 15) is 14.3 Å². The van der Waals surface area contributed by atoms with E-state index in [1.165, 1.54) is 18.2 Å². The Morgan fingerprint density at radius 3 is 2.81 bits per heavy atom. The van der Waals surface area contributed by atoms with Gasteiger partial charge < -0.3 is 10.4 Å². The lowest BCUT2D eigenvalue weighted by Crippen LogP contribution is -2.33. The average Bonchev–Trinajstić information content (AvgIpc) is 2.78. The first-order valence-corrected chi connectivity index (χ1v) is 6.89. The number of carbonyl (C=O) groups is 1. The van der Waals surface area contributed by atoms with Crippen LogP contribution in [0.25, 0.3) is 0 Å². The number of nitrogens with one attached hydrogen (secondary N) is 1. The molecule has 2 N–H and O–H groups in total. The number of aliphatic hydroxyl groups excluding tert-OH is 1. The van der Waals surface area contributed by atoms with Gasteiger partial charge in [0.05, 0.1) is 12.1 Å². The molecule has 1 amide bonds. The Labute approximate surface area is 122 Å². The molecule has 0 aliphatic heterocycles. The van der Waals surface area contributed by atoms with Gasteiger partial charge in [0.25, 0.3) is 5.91 Å².